The number of carbonyl (C=O) groups is 1. The van der Waals surface area contributed by atoms with Gasteiger partial charge in [0.25, 0.3) is 0 Å². The predicted octanol–water partition coefficient (Wildman–Crippen LogP) is 3.94. The van der Waals surface area contributed by atoms with E-state index in [9.17, 15) is 4.79 Å². The molecule has 0 radical (unpaired) electrons. The van der Waals surface area contributed by atoms with Crippen LogP contribution in [0.1, 0.15) is 51.2 Å². The molecule has 0 bridgehead atoms. The largest absolute Gasteiger partial charge is 0.372 e. The van der Waals surface area contributed by atoms with Crippen molar-refractivity contribution in [2.24, 2.45) is 5.41 Å². The summed E-state index contributed by atoms with van der Waals surface area (Å²) in [4.78, 5) is 14.3. The number of amides is 1. The van der Waals surface area contributed by atoms with Crippen LogP contribution in [0.4, 0.5) is 0 Å². The molecular formula is C19H29NO2. The molecule has 1 aliphatic heterocycles. The SMILES string of the molecule is Cc1cccc(CO[C@@H]2CCCN(C(=O)CC(C)(C)C)C2)c1. The number of hydrogen-bond donors (Lipinski definition) is 0. The number of ether oxygens (including phenoxy) is 1. The van der Waals surface area contributed by atoms with Gasteiger partial charge in [-0.3, -0.25) is 4.79 Å². The summed E-state index contributed by atoms with van der Waals surface area (Å²) in [7, 11) is 0. The molecule has 0 spiro atoms. The standard InChI is InChI=1S/C19H29NO2/c1-15-7-5-8-16(11-15)14-22-17-9-6-10-20(13-17)18(21)12-19(2,3)4/h5,7-8,11,17H,6,9-10,12-14H2,1-4H3/t17-/m1/s1. The van der Waals surface area contributed by atoms with Crippen molar-refractivity contribution in [2.75, 3.05) is 13.1 Å². The molecule has 1 amide bonds. The molecule has 0 saturated carbocycles. The minimum Gasteiger partial charge on any atom is -0.372 e. The first-order chi connectivity index (χ1) is 10.3. The van der Waals surface area contributed by atoms with Crippen molar-refractivity contribution in [3.05, 3.63) is 35.4 Å². The molecule has 1 fully saturated rings. The highest BCUT2D eigenvalue weighted by molar-refractivity contribution is 5.76. The maximum absolute atomic E-state index is 12.3. The van der Waals surface area contributed by atoms with Crippen molar-refractivity contribution in [3.63, 3.8) is 0 Å². The number of hydrogen-bond acceptors (Lipinski definition) is 2. The average Bonchev–Trinajstić information content (AvgIpc) is 2.44. The fraction of sp³-hybridized carbons (Fsp3) is 0.632. The smallest absolute Gasteiger partial charge is 0.223 e. The highest BCUT2D eigenvalue weighted by atomic mass is 16.5. The van der Waals surface area contributed by atoms with Gasteiger partial charge in [0.1, 0.15) is 0 Å². The van der Waals surface area contributed by atoms with E-state index in [1.807, 2.05) is 4.90 Å². The van der Waals surface area contributed by atoms with Crippen LogP contribution in [0.5, 0.6) is 0 Å². The van der Waals surface area contributed by atoms with E-state index in [0.29, 0.717) is 13.0 Å². The van der Waals surface area contributed by atoms with E-state index >= 15 is 0 Å². The minimum absolute atomic E-state index is 0.0481. The lowest BCUT2D eigenvalue weighted by atomic mass is 9.91. The third-order valence-electron chi connectivity index (χ3n) is 3.98. The zero-order valence-corrected chi connectivity index (χ0v) is 14.4. The fourth-order valence-corrected chi connectivity index (χ4v) is 2.88. The van der Waals surface area contributed by atoms with E-state index in [-0.39, 0.29) is 17.4 Å². The molecule has 1 aromatic rings. The van der Waals surface area contributed by atoms with E-state index in [1.165, 1.54) is 11.1 Å². The van der Waals surface area contributed by atoms with Gasteiger partial charge < -0.3 is 9.64 Å². The average molecular weight is 303 g/mol. The zero-order chi connectivity index (χ0) is 16.2. The Labute approximate surface area is 134 Å². The molecule has 1 atom stereocenters. The van der Waals surface area contributed by atoms with Crippen molar-refractivity contribution in [3.8, 4) is 0 Å². The number of likely N-dealkylation sites (tertiary alicyclic amines) is 1. The molecule has 0 unspecified atom stereocenters. The molecule has 0 aromatic heterocycles. The van der Waals surface area contributed by atoms with Crippen LogP contribution < -0.4 is 0 Å². The number of rotatable bonds is 4. The first-order valence-electron chi connectivity index (χ1n) is 8.28. The van der Waals surface area contributed by atoms with Crippen LogP contribution in [0.2, 0.25) is 0 Å². The lowest BCUT2D eigenvalue weighted by Crippen LogP contribution is -2.44. The van der Waals surface area contributed by atoms with Gasteiger partial charge in [0.2, 0.25) is 5.91 Å². The van der Waals surface area contributed by atoms with Crippen LogP contribution in [0.15, 0.2) is 24.3 Å². The summed E-state index contributed by atoms with van der Waals surface area (Å²) in [5.41, 5.74) is 2.51. The van der Waals surface area contributed by atoms with E-state index in [0.717, 1.165) is 25.9 Å². The van der Waals surface area contributed by atoms with Gasteiger partial charge in [-0.2, -0.15) is 0 Å². The van der Waals surface area contributed by atoms with Crippen LogP contribution in [0.3, 0.4) is 0 Å². The summed E-state index contributed by atoms with van der Waals surface area (Å²) in [6, 6.07) is 8.41. The summed E-state index contributed by atoms with van der Waals surface area (Å²) in [5.74, 6) is 0.261. The molecule has 1 saturated heterocycles. The summed E-state index contributed by atoms with van der Waals surface area (Å²) < 4.78 is 6.04. The number of carbonyl (C=O) groups excluding carboxylic acids is 1. The molecule has 3 nitrogen and oxygen atoms in total. The number of benzene rings is 1. The summed E-state index contributed by atoms with van der Waals surface area (Å²) in [5, 5.41) is 0. The van der Waals surface area contributed by atoms with Gasteiger partial charge in [0.15, 0.2) is 0 Å². The molecule has 1 heterocycles. The highest BCUT2D eigenvalue weighted by Gasteiger charge is 2.26. The number of nitrogens with zero attached hydrogens (tertiary/aromatic N) is 1. The lowest BCUT2D eigenvalue weighted by molar-refractivity contribution is -0.137. The normalized spacial score (nSPS) is 19.3. The van der Waals surface area contributed by atoms with Crippen molar-refractivity contribution in [2.45, 2.75) is 59.7 Å². The maximum atomic E-state index is 12.3. The predicted molar refractivity (Wildman–Crippen MR) is 89.6 cm³/mol. The zero-order valence-electron chi connectivity index (χ0n) is 14.4. The molecule has 0 aliphatic carbocycles. The van der Waals surface area contributed by atoms with Crippen LogP contribution in [-0.2, 0) is 16.1 Å². The molecule has 22 heavy (non-hydrogen) atoms. The summed E-state index contributed by atoms with van der Waals surface area (Å²) >= 11 is 0. The molecule has 3 heteroatoms. The van der Waals surface area contributed by atoms with Crippen LogP contribution in [0.25, 0.3) is 0 Å². The lowest BCUT2D eigenvalue weighted by Gasteiger charge is -2.34. The van der Waals surface area contributed by atoms with Crippen molar-refractivity contribution >= 4 is 5.91 Å². The second-order valence-corrected chi connectivity index (χ2v) is 7.64. The van der Waals surface area contributed by atoms with E-state index in [1.54, 1.807) is 0 Å². The van der Waals surface area contributed by atoms with Crippen LogP contribution >= 0.6 is 0 Å². The Balaban J connectivity index is 1.84. The molecule has 1 aromatic carbocycles. The van der Waals surface area contributed by atoms with Gasteiger partial charge in [0.05, 0.1) is 12.7 Å². The number of piperidine rings is 1. The Bertz CT molecular complexity index is 504. The third-order valence-corrected chi connectivity index (χ3v) is 3.98. The molecular weight excluding hydrogens is 274 g/mol. The van der Waals surface area contributed by atoms with Gasteiger partial charge in [-0.15, -0.1) is 0 Å². The number of aryl methyl sites for hydroxylation is 1. The third kappa shape index (κ3) is 5.45. The van der Waals surface area contributed by atoms with Crippen molar-refractivity contribution in [1.82, 2.24) is 4.90 Å². The highest BCUT2D eigenvalue weighted by Crippen LogP contribution is 2.22. The Morgan fingerprint density at radius 3 is 2.82 bits per heavy atom. The van der Waals surface area contributed by atoms with Gasteiger partial charge in [-0.25, -0.2) is 0 Å². The van der Waals surface area contributed by atoms with Gasteiger partial charge >= 0.3 is 0 Å². The molecule has 2 rings (SSSR count). The molecule has 1 aliphatic rings. The van der Waals surface area contributed by atoms with Crippen LogP contribution in [-0.4, -0.2) is 30.0 Å². The summed E-state index contributed by atoms with van der Waals surface area (Å²) in [6.45, 7) is 10.7. The van der Waals surface area contributed by atoms with Gasteiger partial charge in [-0.1, -0.05) is 50.6 Å². The van der Waals surface area contributed by atoms with E-state index in [4.69, 9.17) is 4.74 Å². The Morgan fingerprint density at radius 2 is 2.14 bits per heavy atom. The van der Waals surface area contributed by atoms with Crippen molar-refractivity contribution in [1.29, 1.82) is 0 Å². The molecule has 0 N–H and O–H groups in total. The van der Waals surface area contributed by atoms with E-state index < -0.39 is 0 Å². The molecule has 122 valence electrons. The van der Waals surface area contributed by atoms with Gasteiger partial charge in [0, 0.05) is 19.5 Å². The maximum Gasteiger partial charge on any atom is 0.223 e. The van der Waals surface area contributed by atoms with E-state index in [2.05, 4.69) is 52.0 Å². The van der Waals surface area contributed by atoms with Crippen LogP contribution in [0, 0.1) is 12.3 Å². The Kier molecular flexibility index (Phi) is 5.63. The second kappa shape index (κ2) is 7.28. The fourth-order valence-electron chi connectivity index (χ4n) is 2.88. The minimum atomic E-state index is 0.0481. The second-order valence-electron chi connectivity index (χ2n) is 7.64. The van der Waals surface area contributed by atoms with Crippen molar-refractivity contribution < 1.29 is 9.53 Å². The quantitative estimate of drug-likeness (QED) is 0.843. The van der Waals surface area contributed by atoms with Gasteiger partial charge in [-0.05, 0) is 30.7 Å². The Hall–Kier alpha value is -1.35. The Morgan fingerprint density at radius 1 is 1.36 bits per heavy atom. The first-order valence-corrected chi connectivity index (χ1v) is 8.28. The monoisotopic (exact) mass is 303 g/mol. The topological polar surface area (TPSA) is 29.5 Å². The first kappa shape index (κ1) is 17.0. The summed E-state index contributed by atoms with van der Waals surface area (Å²) in [6.07, 6.45) is 2.86.